The van der Waals surface area contributed by atoms with Crippen LogP contribution in [-0.4, -0.2) is 41.2 Å². The van der Waals surface area contributed by atoms with Crippen LogP contribution in [0.4, 0.5) is 4.79 Å². The van der Waals surface area contributed by atoms with Crippen molar-refractivity contribution in [3.63, 3.8) is 0 Å². The summed E-state index contributed by atoms with van der Waals surface area (Å²) in [5.74, 6) is -0.253. The van der Waals surface area contributed by atoms with Crippen LogP contribution in [0.25, 0.3) is 0 Å². The van der Waals surface area contributed by atoms with Gasteiger partial charge in [0.15, 0.2) is 0 Å². The molecule has 0 radical (unpaired) electrons. The lowest BCUT2D eigenvalue weighted by molar-refractivity contribution is -0.140. The van der Waals surface area contributed by atoms with Gasteiger partial charge in [-0.1, -0.05) is 27.2 Å². The summed E-state index contributed by atoms with van der Waals surface area (Å²) in [7, 11) is 0. The lowest BCUT2D eigenvalue weighted by Crippen LogP contribution is -2.51. The minimum Gasteiger partial charge on any atom is -0.480 e. The van der Waals surface area contributed by atoms with Gasteiger partial charge in [-0.15, -0.1) is 0 Å². The first-order valence-electron chi connectivity index (χ1n) is 6.24. The first kappa shape index (κ1) is 17.1. The van der Waals surface area contributed by atoms with E-state index in [1.54, 1.807) is 11.8 Å². The predicted octanol–water partition coefficient (Wildman–Crippen LogP) is 1.93. The van der Waals surface area contributed by atoms with E-state index in [1.165, 1.54) is 0 Å². The summed E-state index contributed by atoms with van der Waals surface area (Å²) >= 11 is 1.65. The van der Waals surface area contributed by atoms with Gasteiger partial charge in [-0.05, 0) is 18.6 Å². The lowest BCUT2D eigenvalue weighted by Gasteiger charge is -2.22. The van der Waals surface area contributed by atoms with E-state index in [2.05, 4.69) is 10.6 Å². The number of urea groups is 1. The van der Waals surface area contributed by atoms with Gasteiger partial charge in [-0.3, -0.25) is 0 Å². The van der Waals surface area contributed by atoms with E-state index in [0.717, 1.165) is 12.2 Å². The van der Waals surface area contributed by atoms with Crippen molar-refractivity contribution < 1.29 is 14.7 Å². The monoisotopic (exact) mass is 276 g/mol. The van der Waals surface area contributed by atoms with Crippen molar-refractivity contribution in [2.24, 2.45) is 5.92 Å². The summed E-state index contributed by atoms with van der Waals surface area (Å²) in [6, 6.07) is -1.16. The second-order valence-corrected chi connectivity index (χ2v) is 5.29. The SMILES string of the molecule is CCC(CSC)NC(=O)N[C@H](C(=O)O)C(C)CC. The Morgan fingerprint density at radius 2 is 1.83 bits per heavy atom. The van der Waals surface area contributed by atoms with Crippen molar-refractivity contribution in [2.75, 3.05) is 12.0 Å². The van der Waals surface area contributed by atoms with E-state index in [1.807, 2.05) is 27.0 Å². The molecule has 2 amide bonds. The molecule has 0 rings (SSSR count). The summed E-state index contributed by atoms with van der Waals surface area (Å²) in [4.78, 5) is 22.8. The fraction of sp³-hybridized carbons (Fsp3) is 0.833. The van der Waals surface area contributed by atoms with Crippen molar-refractivity contribution in [1.82, 2.24) is 10.6 Å². The van der Waals surface area contributed by atoms with Crippen LogP contribution in [0.15, 0.2) is 0 Å². The summed E-state index contributed by atoms with van der Waals surface area (Å²) in [6.45, 7) is 5.71. The molecule has 0 saturated heterocycles. The number of carbonyl (C=O) groups excluding carboxylic acids is 1. The third kappa shape index (κ3) is 6.14. The molecule has 0 bridgehead atoms. The molecule has 0 heterocycles. The van der Waals surface area contributed by atoms with Gasteiger partial charge in [0.1, 0.15) is 6.04 Å². The van der Waals surface area contributed by atoms with Crippen LogP contribution < -0.4 is 10.6 Å². The Hall–Kier alpha value is -0.910. The average Bonchev–Trinajstić information content (AvgIpc) is 2.34. The maximum absolute atomic E-state index is 11.7. The van der Waals surface area contributed by atoms with Gasteiger partial charge in [0.05, 0.1) is 0 Å². The molecule has 0 aromatic heterocycles. The highest BCUT2D eigenvalue weighted by Gasteiger charge is 2.25. The van der Waals surface area contributed by atoms with Crippen molar-refractivity contribution in [1.29, 1.82) is 0 Å². The summed E-state index contributed by atoms with van der Waals surface area (Å²) in [5, 5.41) is 14.4. The maximum atomic E-state index is 11.7. The largest absolute Gasteiger partial charge is 0.480 e. The zero-order valence-electron chi connectivity index (χ0n) is 11.5. The van der Waals surface area contributed by atoms with Gasteiger partial charge < -0.3 is 15.7 Å². The molecule has 5 nitrogen and oxygen atoms in total. The molecule has 3 N–H and O–H groups in total. The Labute approximate surface area is 113 Å². The predicted molar refractivity (Wildman–Crippen MR) is 75.0 cm³/mol. The Morgan fingerprint density at radius 3 is 2.22 bits per heavy atom. The lowest BCUT2D eigenvalue weighted by atomic mass is 9.99. The molecule has 3 atom stereocenters. The van der Waals surface area contributed by atoms with Crippen LogP contribution in [0.5, 0.6) is 0 Å². The molecule has 0 aliphatic rings. The van der Waals surface area contributed by atoms with E-state index in [-0.39, 0.29) is 12.0 Å². The molecular formula is C12H24N2O3S. The molecular weight excluding hydrogens is 252 g/mol. The van der Waals surface area contributed by atoms with Gasteiger partial charge in [0.2, 0.25) is 0 Å². The van der Waals surface area contributed by atoms with Gasteiger partial charge >= 0.3 is 12.0 Å². The highest BCUT2D eigenvalue weighted by Crippen LogP contribution is 2.08. The quantitative estimate of drug-likeness (QED) is 0.633. The van der Waals surface area contributed by atoms with E-state index >= 15 is 0 Å². The molecule has 0 aromatic rings. The van der Waals surface area contributed by atoms with E-state index in [4.69, 9.17) is 5.11 Å². The smallest absolute Gasteiger partial charge is 0.326 e. The minimum atomic E-state index is -0.989. The van der Waals surface area contributed by atoms with Crippen LogP contribution in [0, 0.1) is 5.92 Å². The summed E-state index contributed by atoms with van der Waals surface area (Å²) in [5.41, 5.74) is 0. The highest BCUT2D eigenvalue weighted by atomic mass is 32.2. The first-order valence-corrected chi connectivity index (χ1v) is 7.64. The van der Waals surface area contributed by atoms with E-state index < -0.39 is 18.0 Å². The average molecular weight is 276 g/mol. The Balaban J connectivity index is 4.37. The third-order valence-corrected chi connectivity index (χ3v) is 3.70. The molecule has 106 valence electrons. The van der Waals surface area contributed by atoms with Crippen molar-refractivity contribution >= 4 is 23.8 Å². The number of carboxylic acids is 1. The Kier molecular flexibility index (Phi) is 8.62. The summed E-state index contributed by atoms with van der Waals surface area (Å²) < 4.78 is 0. The van der Waals surface area contributed by atoms with Crippen molar-refractivity contribution in [3.05, 3.63) is 0 Å². The van der Waals surface area contributed by atoms with Crippen LogP contribution in [-0.2, 0) is 4.79 Å². The number of rotatable bonds is 8. The molecule has 0 spiro atoms. The Bertz CT molecular complexity index is 274. The molecule has 0 fully saturated rings. The first-order chi connectivity index (χ1) is 8.46. The van der Waals surface area contributed by atoms with E-state index in [0.29, 0.717) is 6.42 Å². The second kappa shape index (κ2) is 9.08. The zero-order chi connectivity index (χ0) is 14.1. The number of nitrogens with one attached hydrogen (secondary N) is 2. The van der Waals surface area contributed by atoms with E-state index in [9.17, 15) is 9.59 Å². The van der Waals surface area contributed by atoms with Crippen molar-refractivity contribution in [2.45, 2.75) is 45.7 Å². The highest BCUT2D eigenvalue weighted by molar-refractivity contribution is 7.98. The van der Waals surface area contributed by atoms with Crippen LogP contribution in [0.3, 0.4) is 0 Å². The fourth-order valence-electron chi connectivity index (χ4n) is 1.51. The minimum absolute atomic E-state index is 0.0753. The molecule has 0 aliphatic carbocycles. The van der Waals surface area contributed by atoms with Gasteiger partial charge in [-0.25, -0.2) is 9.59 Å². The van der Waals surface area contributed by atoms with Crippen LogP contribution in [0.2, 0.25) is 0 Å². The zero-order valence-corrected chi connectivity index (χ0v) is 12.3. The molecule has 2 unspecified atom stereocenters. The van der Waals surface area contributed by atoms with Crippen LogP contribution in [0.1, 0.15) is 33.6 Å². The van der Waals surface area contributed by atoms with Crippen molar-refractivity contribution in [3.8, 4) is 0 Å². The standard InChI is InChI=1S/C12H24N2O3S/c1-5-8(3)10(11(15)16)14-12(17)13-9(6-2)7-18-4/h8-10H,5-7H2,1-4H3,(H,15,16)(H2,13,14,17)/t8?,9?,10-/m0/s1. The number of hydrogen-bond acceptors (Lipinski definition) is 3. The van der Waals surface area contributed by atoms with Gasteiger partial charge in [0, 0.05) is 11.8 Å². The molecule has 6 heteroatoms. The summed E-state index contributed by atoms with van der Waals surface area (Å²) in [6.07, 6.45) is 3.51. The number of carboxylic acid groups (broad SMARTS) is 1. The number of carbonyl (C=O) groups is 2. The molecule has 0 aliphatic heterocycles. The number of hydrogen-bond donors (Lipinski definition) is 3. The normalized spacial score (nSPS) is 15.6. The molecule has 0 aromatic carbocycles. The maximum Gasteiger partial charge on any atom is 0.326 e. The number of amides is 2. The van der Waals surface area contributed by atoms with Gasteiger partial charge in [0.25, 0.3) is 0 Å². The number of aliphatic carboxylic acids is 1. The van der Waals surface area contributed by atoms with Gasteiger partial charge in [-0.2, -0.15) is 11.8 Å². The third-order valence-electron chi connectivity index (χ3n) is 2.96. The second-order valence-electron chi connectivity index (χ2n) is 4.38. The fourth-order valence-corrected chi connectivity index (χ4v) is 2.24. The number of thioether (sulfide) groups is 1. The molecule has 0 saturated carbocycles. The topological polar surface area (TPSA) is 78.4 Å². The Morgan fingerprint density at radius 1 is 1.22 bits per heavy atom. The molecule has 18 heavy (non-hydrogen) atoms. The van der Waals surface area contributed by atoms with Crippen LogP contribution >= 0.6 is 11.8 Å².